The van der Waals surface area contributed by atoms with Gasteiger partial charge in [0.05, 0.1) is 19.3 Å². The monoisotopic (exact) mass is 236 g/mol. The molecule has 1 unspecified atom stereocenters. The van der Waals surface area contributed by atoms with Crippen LogP contribution in [0.5, 0.6) is 0 Å². The van der Waals surface area contributed by atoms with Crippen LogP contribution in [-0.4, -0.2) is 38.0 Å². The summed E-state index contributed by atoms with van der Waals surface area (Å²) in [4.78, 5) is 0. The topological polar surface area (TPSA) is 53.5 Å². The lowest BCUT2D eigenvalue weighted by molar-refractivity contribution is 0.128. The highest BCUT2D eigenvalue weighted by Gasteiger charge is 2.14. The van der Waals surface area contributed by atoms with Crippen LogP contribution in [0.3, 0.4) is 0 Å². The van der Waals surface area contributed by atoms with E-state index in [1.54, 1.807) is 7.11 Å². The lowest BCUT2D eigenvalue weighted by Gasteiger charge is -2.16. The molecule has 94 valence electrons. The summed E-state index contributed by atoms with van der Waals surface area (Å²) in [5, 5.41) is 15.9. The number of aliphatic hydroxyl groups excluding tert-OH is 1. The molecule has 0 radical (unpaired) electrons. The molecular weight excluding hydrogens is 216 g/mol. The van der Waals surface area contributed by atoms with Crippen LogP contribution in [0.2, 0.25) is 0 Å². The largest absolute Gasteiger partial charge is 0.395 e. The summed E-state index contributed by atoms with van der Waals surface area (Å²) in [5.74, 6) is 0. The van der Waals surface area contributed by atoms with Crippen LogP contribution in [0, 0.1) is 0 Å². The highest BCUT2D eigenvalue weighted by atomic mass is 16.5. The van der Waals surface area contributed by atoms with Crippen molar-refractivity contribution in [2.24, 2.45) is 0 Å². The fourth-order valence-electron chi connectivity index (χ4n) is 2.19. The molecule has 17 heavy (non-hydrogen) atoms. The number of methoxy groups -OCH3 is 1. The molecule has 0 saturated heterocycles. The molecule has 0 aliphatic carbocycles. The normalized spacial score (nSPS) is 15.4. The quantitative estimate of drug-likeness (QED) is 0.682. The van der Waals surface area contributed by atoms with Gasteiger partial charge in [0, 0.05) is 25.9 Å². The third-order valence-electron chi connectivity index (χ3n) is 3.10. The number of rotatable bonds is 6. The Hall–Kier alpha value is -1.10. The summed E-state index contributed by atoms with van der Waals surface area (Å²) in [6, 6.07) is 6.37. The zero-order chi connectivity index (χ0) is 12.1. The first-order valence-electron chi connectivity index (χ1n) is 6.03. The molecule has 1 atom stereocenters. The summed E-state index contributed by atoms with van der Waals surface area (Å²) in [7, 11) is 1.64. The number of benzene rings is 1. The fraction of sp³-hybridized carbons (Fsp3) is 0.538. The van der Waals surface area contributed by atoms with Crippen LogP contribution in [0.25, 0.3) is 0 Å². The van der Waals surface area contributed by atoms with E-state index >= 15 is 0 Å². The second kappa shape index (κ2) is 6.00. The van der Waals surface area contributed by atoms with E-state index in [-0.39, 0.29) is 12.6 Å². The van der Waals surface area contributed by atoms with Gasteiger partial charge in [0.15, 0.2) is 0 Å². The first-order valence-corrected chi connectivity index (χ1v) is 6.03. The van der Waals surface area contributed by atoms with Crippen molar-refractivity contribution in [3.63, 3.8) is 0 Å². The minimum atomic E-state index is -0.00254. The summed E-state index contributed by atoms with van der Waals surface area (Å²) in [6.07, 6.45) is 1.10. The first kappa shape index (κ1) is 12.4. The zero-order valence-electron chi connectivity index (χ0n) is 10.2. The van der Waals surface area contributed by atoms with Crippen molar-refractivity contribution in [2.75, 3.05) is 32.2 Å². The lowest BCUT2D eigenvalue weighted by atomic mass is 10.1. The van der Waals surface area contributed by atoms with E-state index in [0.717, 1.165) is 19.5 Å². The van der Waals surface area contributed by atoms with Gasteiger partial charge in [-0.25, -0.2) is 0 Å². The summed E-state index contributed by atoms with van der Waals surface area (Å²) < 4.78 is 5.04. The van der Waals surface area contributed by atoms with Crippen molar-refractivity contribution >= 4 is 5.69 Å². The van der Waals surface area contributed by atoms with Gasteiger partial charge in [-0.2, -0.15) is 0 Å². The molecule has 0 fully saturated rings. The van der Waals surface area contributed by atoms with E-state index in [1.165, 1.54) is 16.8 Å². The predicted octanol–water partition coefficient (Wildman–Crippen LogP) is 0.751. The third kappa shape index (κ3) is 2.97. The maximum atomic E-state index is 9.17. The smallest absolute Gasteiger partial charge is 0.0638 e. The Morgan fingerprint density at radius 1 is 1.53 bits per heavy atom. The van der Waals surface area contributed by atoms with Gasteiger partial charge in [-0.1, -0.05) is 18.2 Å². The molecule has 1 aromatic rings. The lowest BCUT2D eigenvalue weighted by Crippen LogP contribution is -2.36. The molecule has 0 saturated carbocycles. The van der Waals surface area contributed by atoms with Crippen molar-refractivity contribution in [3.05, 3.63) is 29.3 Å². The van der Waals surface area contributed by atoms with Gasteiger partial charge in [-0.3, -0.25) is 0 Å². The maximum Gasteiger partial charge on any atom is 0.0638 e. The Kier molecular flexibility index (Phi) is 4.36. The van der Waals surface area contributed by atoms with Crippen LogP contribution in [0.15, 0.2) is 18.2 Å². The molecular formula is C13H20N2O2. The van der Waals surface area contributed by atoms with Gasteiger partial charge in [-0.05, 0) is 17.5 Å². The molecule has 2 rings (SSSR count). The Morgan fingerprint density at radius 3 is 3.18 bits per heavy atom. The Labute approximate surface area is 102 Å². The highest BCUT2D eigenvalue weighted by Crippen LogP contribution is 2.26. The molecule has 4 heteroatoms. The molecule has 0 aromatic heterocycles. The van der Waals surface area contributed by atoms with Gasteiger partial charge < -0.3 is 20.5 Å². The minimum Gasteiger partial charge on any atom is -0.395 e. The van der Waals surface area contributed by atoms with E-state index in [9.17, 15) is 5.11 Å². The SMILES string of the molecule is COCC(CO)NCc1cccc2c1NCC2. The number of para-hydroxylation sites is 1. The number of hydrogen-bond acceptors (Lipinski definition) is 4. The fourth-order valence-corrected chi connectivity index (χ4v) is 2.19. The number of hydrogen-bond donors (Lipinski definition) is 3. The standard InChI is InChI=1S/C13H20N2O2/c1-17-9-12(8-16)15-7-11-4-2-3-10-5-6-14-13(10)11/h2-4,12,14-16H,5-9H2,1H3. The molecule has 1 aromatic carbocycles. The number of nitrogens with one attached hydrogen (secondary N) is 2. The maximum absolute atomic E-state index is 9.17. The van der Waals surface area contributed by atoms with Crippen molar-refractivity contribution in [3.8, 4) is 0 Å². The molecule has 1 aliphatic heterocycles. The molecule has 4 nitrogen and oxygen atoms in total. The summed E-state index contributed by atoms with van der Waals surface area (Å²) in [5.41, 5.74) is 3.90. The van der Waals surface area contributed by atoms with E-state index in [1.807, 2.05) is 0 Å². The van der Waals surface area contributed by atoms with E-state index in [0.29, 0.717) is 6.61 Å². The molecule has 1 aliphatic rings. The van der Waals surface area contributed by atoms with Gasteiger partial charge in [-0.15, -0.1) is 0 Å². The third-order valence-corrected chi connectivity index (χ3v) is 3.10. The second-order valence-corrected chi connectivity index (χ2v) is 4.34. The van der Waals surface area contributed by atoms with Crippen LogP contribution < -0.4 is 10.6 Å². The van der Waals surface area contributed by atoms with Crippen molar-refractivity contribution < 1.29 is 9.84 Å². The van der Waals surface area contributed by atoms with Crippen LogP contribution in [-0.2, 0) is 17.7 Å². The van der Waals surface area contributed by atoms with E-state index < -0.39 is 0 Å². The van der Waals surface area contributed by atoms with E-state index in [2.05, 4.69) is 28.8 Å². The van der Waals surface area contributed by atoms with Crippen LogP contribution in [0.1, 0.15) is 11.1 Å². The number of anilines is 1. The summed E-state index contributed by atoms with van der Waals surface area (Å²) >= 11 is 0. The average molecular weight is 236 g/mol. The average Bonchev–Trinajstić information content (AvgIpc) is 2.83. The minimum absolute atomic E-state index is 0.00254. The van der Waals surface area contributed by atoms with Crippen molar-refractivity contribution in [2.45, 2.75) is 19.0 Å². The van der Waals surface area contributed by atoms with Crippen LogP contribution >= 0.6 is 0 Å². The molecule has 0 bridgehead atoms. The number of aliphatic hydroxyl groups is 1. The molecule has 3 N–H and O–H groups in total. The van der Waals surface area contributed by atoms with Gasteiger partial charge >= 0.3 is 0 Å². The van der Waals surface area contributed by atoms with Crippen molar-refractivity contribution in [1.29, 1.82) is 0 Å². The van der Waals surface area contributed by atoms with Gasteiger partial charge in [0.1, 0.15) is 0 Å². The van der Waals surface area contributed by atoms with Gasteiger partial charge in [0.25, 0.3) is 0 Å². The zero-order valence-corrected chi connectivity index (χ0v) is 10.2. The highest BCUT2D eigenvalue weighted by molar-refractivity contribution is 5.61. The number of fused-ring (bicyclic) bond motifs is 1. The molecule has 0 spiro atoms. The Morgan fingerprint density at radius 2 is 2.41 bits per heavy atom. The second-order valence-electron chi connectivity index (χ2n) is 4.34. The van der Waals surface area contributed by atoms with Crippen molar-refractivity contribution in [1.82, 2.24) is 5.32 Å². The number of ether oxygens (including phenoxy) is 1. The first-order chi connectivity index (χ1) is 8.35. The molecule has 1 heterocycles. The summed E-state index contributed by atoms with van der Waals surface area (Å²) in [6.45, 7) is 2.40. The van der Waals surface area contributed by atoms with Crippen LogP contribution in [0.4, 0.5) is 5.69 Å². The predicted molar refractivity (Wildman–Crippen MR) is 68.2 cm³/mol. The molecule has 0 amide bonds. The van der Waals surface area contributed by atoms with Gasteiger partial charge in [0.2, 0.25) is 0 Å². The Bertz CT molecular complexity index is 368. The Balaban J connectivity index is 1.97. The van der Waals surface area contributed by atoms with E-state index in [4.69, 9.17) is 4.74 Å².